The summed E-state index contributed by atoms with van der Waals surface area (Å²) in [7, 11) is 0. The molecule has 0 amide bonds. The minimum Gasteiger partial charge on any atom is -0.289 e. The zero-order chi connectivity index (χ0) is 12.6. The number of halogens is 3. The predicted octanol–water partition coefficient (Wildman–Crippen LogP) is 4.84. The average Bonchev–Trinajstić information content (AvgIpc) is 2.61. The highest BCUT2D eigenvalue weighted by Gasteiger charge is 2.15. The Kier molecular flexibility index (Phi) is 3.66. The van der Waals surface area contributed by atoms with E-state index in [0.29, 0.717) is 11.1 Å². The van der Waals surface area contributed by atoms with E-state index in [0.717, 1.165) is 14.7 Å². The first-order chi connectivity index (χ1) is 7.99. The molecule has 0 radical (unpaired) electrons. The maximum absolute atomic E-state index is 13.3. The summed E-state index contributed by atoms with van der Waals surface area (Å²) in [5.74, 6) is -0.774. The average molecular weight is 334 g/mol. The molecule has 1 heterocycles. The summed E-state index contributed by atoms with van der Waals surface area (Å²) in [5, 5.41) is 0.0183. The van der Waals surface area contributed by atoms with Crippen molar-refractivity contribution in [3.05, 3.63) is 54.9 Å². The third kappa shape index (κ3) is 2.59. The second-order valence-corrected chi connectivity index (χ2v) is 6.52. The molecular weight excluding hydrogens is 327 g/mol. The van der Waals surface area contributed by atoms with Gasteiger partial charge in [-0.1, -0.05) is 11.6 Å². The number of thiophene rings is 1. The van der Waals surface area contributed by atoms with Gasteiger partial charge in [-0.2, -0.15) is 0 Å². The van der Waals surface area contributed by atoms with Crippen LogP contribution in [0.1, 0.15) is 20.8 Å². The fourth-order valence-electron chi connectivity index (χ4n) is 1.46. The number of hydrogen-bond acceptors (Lipinski definition) is 2. The largest absolute Gasteiger partial charge is 0.289 e. The molecule has 0 saturated carbocycles. The van der Waals surface area contributed by atoms with E-state index in [1.165, 1.54) is 23.5 Å². The van der Waals surface area contributed by atoms with Crippen molar-refractivity contribution in [3.8, 4) is 0 Å². The highest BCUT2D eigenvalue weighted by molar-refractivity contribution is 9.11. The van der Waals surface area contributed by atoms with Crippen LogP contribution in [-0.4, -0.2) is 5.78 Å². The zero-order valence-electron chi connectivity index (χ0n) is 8.76. The van der Waals surface area contributed by atoms with Gasteiger partial charge in [0, 0.05) is 16.0 Å². The monoisotopic (exact) mass is 332 g/mol. The van der Waals surface area contributed by atoms with Crippen molar-refractivity contribution in [3.63, 3.8) is 0 Å². The van der Waals surface area contributed by atoms with Crippen LogP contribution in [0, 0.1) is 12.7 Å². The van der Waals surface area contributed by atoms with Crippen LogP contribution in [-0.2, 0) is 0 Å². The van der Waals surface area contributed by atoms with Crippen LogP contribution in [0.2, 0.25) is 5.02 Å². The first-order valence-corrected chi connectivity index (χ1v) is 6.73. The molecule has 5 heteroatoms. The van der Waals surface area contributed by atoms with Crippen LogP contribution < -0.4 is 0 Å². The molecule has 0 aliphatic carbocycles. The summed E-state index contributed by atoms with van der Waals surface area (Å²) >= 11 is 10.4. The smallest absolute Gasteiger partial charge is 0.194 e. The van der Waals surface area contributed by atoms with E-state index >= 15 is 0 Å². The summed E-state index contributed by atoms with van der Waals surface area (Å²) < 4.78 is 14.2. The maximum atomic E-state index is 13.3. The van der Waals surface area contributed by atoms with Gasteiger partial charge in [-0.25, -0.2) is 4.39 Å². The quantitative estimate of drug-likeness (QED) is 0.719. The zero-order valence-corrected chi connectivity index (χ0v) is 11.9. The molecule has 0 fully saturated rings. The summed E-state index contributed by atoms with van der Waals surface area (Å²) in [5.41, 5.74) is 0.892. The predicted molar refractivity (Wildman–Crippen MR) is 71.6 cm³/mol. The summed E-state index contributed by atoms with van der Waals surface area (Å²) in [6, 6.07) is 5.82. The highest BCUT2D eigenvalue weighted by atomic mass is 79.9. The second kappa shape index (κ2) is 4.88. The Labute approximate surface area is 115 Å². The molecule has 17 heavy (non-hydrogen) atoms. The van der Waals surface area contributed by atoms with E-state index in [1.54, 1.807) is 6.07 Å². The van der Waals surface area contributed by atoms with E-state index < -0.39 is 5.82 Å². The molecule has 0 bridgehead atoms. The normalized spacial score (nSPS) is 10.6. The topological polar surface area (TPSA) is 17.1 Å². The van der Waals surface area contributed by atoms with E-state index in [-0.39, 0.29) is 10.8 Å². The molecule has 0 spiro atoms. The Morgan fingerprint density at radius 1 is 1.41 bits per heavy atom. The second-order valence-electron chi connectivity index (χ2n) is 3.48. The van der Waals surface area contributed by atoms with Crippen LogP contribution in [0.5, 0.6) is 0 Å². The van der Waals surface area contributed by atoms with Gasteiger partial charge >= 0.3 is 0 Å². The molecule has 2 aromatic rings. The van der Waals surface area contributed by atoms with Gasteiger partial charge < -0.3 is 0 Å². The lowest BCUT2D eigenvalue weighted by atomic mass is 10.0. The first kappa shape index (κ1) is 12.7. The standard InChI is InChI=1S/C12H7BrClFOS/c1-6-8(5-11(13)17-6)12(16)7-2-3-9(14)10(15)4-7/h2-5H,1H3. The highest BCUT2D eigenvalue weighted by Crippen LogP contribution is 2.28. The lowest BCUT2D eigenvalue weighted by Gasteiger charge is -2.01. The van der Waals surface area contributed by atoms with E-state index in [9.17, 15) is 9.18 Å². The van der Waals surface area contributed by atoms with Crippen molar-refractivity contribution in [2.75, 3.05) is 0 Å². The Bertz CT molecular complexity index is 594. The number of carbonyl (C=O) groups is 1. The van der Waals surface area contributed by atoms with Gasteiger partial charge in [-0.15, -0.1) is 11.3 Å². The maximum Gasteiger partial charge on any atom is 0.194 e. The fraction of sp³-hybridized carbons (Fsp3) is 0.0833. The van der Waals surface area contributed by atoms with Gasteiger partial charge in [0.15, 0.2) is 5.78 Å². The van der Waals surface area contributed by atoms with Crippen LogP contribution >= 0.6 is 38.9 Å². The molecule has 1 aromatic carbocycles. The molecule has 0 N–H and O–H groups in total. The van der Waals surface area contributed by atoms with Crippen molar-refractivity contribution < 1.29 is 9.18 Å². The van der Waals surface area contributed by atoms with Crippen molar-refractivity contribution in [2.45, 2.75) is 6.92 Å². The lowest BCUT2D eigenvalue weighted by molar-refractivity contribution is 0.103. The molecule has 0 aliphatic rings. The van der Waals surface area contributed by atoms with Crippen molar-refractivity contribution >= 4 is 44.7 Å². The molecular formula is C12H7BrClFOS. The summed E-state index contributed by atoms with van der Waals surface area (Å²) in [4.78, 5) is 13.0. The number of hydrogen-bond donors (Lipinski definition) is 0. The molecule has 0 saturated heterocycles. The van der Waals surface area contributed by atoms with E-state index in [4.69, 9.17) is 11.6 Å². The van der Waals surface area contributed by atoms with Crippen molar-refractivity contribution in [1.82, 2.24) is 0 Å². The summed E-state index contributed by atoms with van der Waals surface area (Å²) in [6.45, 7) is 1.86. The Balaban J connectivity index is 2.44. The van der Waals surface area contributed by atoms with E-state index in [2.05, 4.69) is 15.9 Å². The number of aryl methyl sites for hydroxylation is 1. The van der Waals surface area contributed by atoms with Gasteiger partial charge in [0.2, 0.25) is 0 Å². The third-order valence-corrected chi connectivity index (χ3v) is 4.17. The van der Waals surface area contributed by atoms with Gasteiger partial charge in [-0.05, 0) is 47.1 Å². The van der Waals surface area contributed by atoms with E-state index in [1.807, 2.05) is 6.92 Å². The first-order valence-electron chi connectivity index (χ1n) is 4.74. The molecule has 2 rings (SSSR count). The Morgan fingerprint density at radius 3 is 2.65 bits per heavy atom. The third-order valence-electron chi connectivity index (χ3n) is 2.31. The van der Waals surface area contributed by atoms with Crippen molar-refractivity contribution in [1.29, 1.82) is 0 Å². The summed E-state index contributed by atoms with van der Waals surface area (Å²) in [6.07, 6.45) is 0. The lowest BCUT2D eigenvalue weighted by Crippen LogP contribution is -2.01. The van der Waals surface area contributed by atoms with Crippen LogP contribution in [0.4, 0.5) is 4.39 Å². The number of carbonyl (C=O) groups excluding carboxylic acids is 1. The van der Waals surface area contributed by atoms with Crippen LogP contribution in [0.15, 0.2) is 28.1 Å². The Morgan fingerprint density at radius 2 is 2.12 bits per heavy atom. The van der Waals surface area contributed by atoms with Crippen LogP contribution in [0.25, 0.3) is 0 Å². The molecule has 1 aromatic heterocycles. The Hall–Kier alpha value is -0.710. The minimum absolute atomic E-state index is 0.0183. The number of rotatable bonds is 2. The van der Waals surface area contributed by atoms with Gasteiger partial charge in [0.1, 0.15) is 5.82 Å². The molecule has 1 nitrogen and oxygen atoms in total. The number of benzene rings is 1. The van der Waals surface area contributed by atoms with Gasteiger partial charge in [0.05, 0.1) is 8.81 Å². The number of ketones is 1. The van der Waals surface area contributed by atoms with Crippen LogP contribution in [0.3, 0.4) is 0 Å². The SMILES string of the molecule is Cc1sc(Br)cc1C(=O)c1ccc(Cl)c(F)c1. The van der Waals surface area contributed by atoms with Gasteiger partial charge in [0.25, 0.3) is 0 Å². The molecule has 0 atom stereocenters. The molecule has 88 valence electrons. The van der Waals surface area contributed by atoms with Gasteiger partial charge in [-0.3, -0.25) is 4.79 Å². The van der Waals surface area contributed by atoms with Crippen molar-refractivity contribution in [2.24, 2.45) is 0 Å². The molecule has 0 aliphatic heterocycles. The minimum atomic E-state index is -0.579. The molecule has 0 unspecified atom stereocenters. The fourth-order valence-corrected chi connectivity index (χ4v) is 3.27.